The van der Waals surface area contributed by atoms with Crippen LogP contribution in [0.1, 0.15) is 13.3 Å². The van der Waals surface area contributed by atoms with Gasteiger partial charge in [0.05, 0.1) is 5.41 Å². The fraction of sp³-hybridized carbons (Fsp3) is 0.667. The molecule has 0 aliphatic heterocycles. The Morgan fingerprint density at radius 3 is 2.00 bits per heavy atom. The summed E-state index contributed by atoms with van der Waals surface area (Å²) in [6.45, 7) is 4.82. The summed E-state index contributed by atoms with van der Waals surface area (Å²) in [5, 5.41) is 0. The highest BCUT2D eigenvalue weighted by Gasteiger charge is 2.65. The molecule has 1 aliphatic carbocycles. The number of allylic oxidation sites excluding steroid dienone is 1. The number of alkyl halides is 2. The van der Waals surface area contributed by atoms with Crippen molar-refractivity contribution in [3.63, 3.8) is 0 Å². The fourth-order valence-corrected chi connectivity index (χ4v) is 0.639. The zero-order valence-corrected chi connectivity index (χ0v) is 4.75. The van der Waals surface area contributed by atoms with Crippen LogP contribution >= 0.6 is 0 Å². The molecule has 0 amide bonds. The van der Waals surface area contributed by atoms with E-state index in [1.165, 1.54) is 13.0 Å². The molecule has 0 heterocycles. The summed E-state index contributed by atoms with van der Waals surface area (Å²) < 4.78 is 24.2. The van der Waals surface area contributed by atoms with E-state index in [1.54, 1.807) is 0 Å². The molecule has 46 valence electrons. The van der Waals surface area contributed by atoms with E-state index < -0.39 is 11.3 Å². The van der Waals surface area contributed by atoms with Crippen LogP contribution in [0.4, 0.5) is 8.78 Å². The van der Waals surface area contributed by atoms with E-state index in [0.29, 0.717) is 0 Å². The Hall–Kier alpha value is -0.400. The third kappa shape index (κ3) is 0.487. The average molecular weight is 118 g/mol. The number of rotatable bonds is 1. The molecule has 1 aliphatic rings. The number of hydrogen-bond donors (Lipinski definition) is 0. The molecule has 0 spiro atoms. The van der Waals surface area contributed by atoms with Gasteiger partial charge in [-0.2, -0.15) is 0 Å². The first kappa shape index (κ1) is 5.73. The Labute approximate surface area is 47.2 Å². The van der Waals surface area contributed by atoms with Gasteiger partial charge in [0, 0.05) is 6.42 Å². The van der Waals surface area contributed by atoms with Crippen LogP contribution in [-0.4, -0.2) is 5.92 Å². The van der Waals surface area contributed by atoms with Gasteiger partial charge in [0.25, 0.3) is 5.92 Å². The van der Waals surface area contributed by atoms with Crippen molar-refractivity contribution in [2.45, 2.75) is 19.3 Å². The summed E-state index contributed by atoms with van der Waals surface area (Å²) >= 11 is 0. The molecule has 0 aromatic carbocycles. The molecule has 0 aromatic rings. The van der Waals surface area contributed by atoms with Crippen molar-refractivity contribution in [1.82, 2.24) is 0 Å². The minimum absolute atomic E-state index is 0.0243. The Balaban J connectivity index is 2.68. The lowest BCUT2D eigenvalue weighted by atomic mass is 10.1. The predicted octanol–water partition coefficient (Wildman–Crippen LogP) is 2.22. The average Bonchev–Trinajstić information content (AvgIpc) is 2.10. The van der Waals surface area contributed by atoms with Gasteiger partial charge in [-0.3, -0.25) is 0 Å². The Kier molecular flexibility index (Phi) is 0.802. The largest absolute Gasteiger partial charge is 0.258 e. The number of hydrogen-bond acceptors (Lipinski definition) is 0. The van der Waals surface area contributed by atoms with Gasteiger partial charge in [-0.25, -0.2) is 8.78 Å². The molecule has 0 nitrogen and oxygen atoms in total. The quantitative estimate of drug-likeness (QED) is 0.463. The minimum Gasteiger partial charge on any atom is -0.206 e. The third-order valence-corrected chi connectivity index (χ3v) is 1.75. The molecule has 1 atom stereocenters. The van der Waals surface area contributed by atoms with Crippen molar-refractivity contribution in [3.05, 3.63) is 12.7 Å². The van der Waals surface area contributed by atoms with Crippen LogP contribution < -0.4 is 0 Å². The molecule has 1 fully saturated rings. The van der Waals surface area contributed by atoms with Crippen molar-refractivity contribution in [3.8, 4) is 0 Å². The molecule has 8 heavy (non-hydrogen) atoms. The van der Waals surface area contributed by atoms with Crippen molar-refractivity contribution >= 4 is 0 Å². The van der Waals surface area contributed by atoms with Crippen LogP contribution in [0.15, 0.2) is 12.7 Å². The second-order valence-corrected chi connectivity index (χ2v) is 2.50. The molecule has 0 aromatic heterocycles. The SMILES string of the molecule is C=CC1(C)CC1(F)F. The van der Waals surface area contributed by atoms with Gasteiger partial charge in [-0.05, 0) is 0 Å². The van der Waals surface area contributed by atoms with Crippen molar-refractivity contribution in [2.24, 2.45) is 5.41 Å². The summed E-state index contributed by atoms with van der Waals surface area (Å²) in [4.78, 5) is 0. The van der Waals surface area contributed by atoms with Crippen LogP contribution in [0, 0.1) is 5.41 Å². The molecule has 0 saturated heterocycles. The van der Waals surface area contributed by atoms with E-state index in [9.17, 15) is 8.78 Å². The van der Waals surface area contributed by atoms with Gasteiger partial charge in [-0.15, -0.1) is 6.58 Å². The van der Waals surface area contributed by atoms with Gasteiger partial charge in [-0.1, -0.05) is 13.0 Å². The van der Waals surface area contributed by atoms with Gasteiger partial charge < -0.3 is 0 Å². The smallest absolute Gasteiger partial charge is 0.206 e. The third-order valence-electron chi connectivity index (χ3n) is 1.75. The Morgan fingerprint density at radius 2 is 2.00 bits per heavy atom. The maximum absolute atomic E-state index is 12.1. The lowest BCUT2D eigenvalue weighted by molar-refractivity contribution is 0.0846. The lowest BCUT2D eigenvalue weighted by Gasteiger charge is -1.98. The molecular weight excluding hydrogens is 110 g/mol. The highest BCUT2D eigenvalue weighted by atomic mass is 19.3. The van der Waals surface area contributed by atoms with E-state index >= 15 is 0 Å². The van der Waals surface area contributed by atoms with E-state index in [-0.39, 0.29) is 6.42 Å². The van der Waals surface area contributed by atoms with Crippen LogP contribution in [0.3, 0.4) is 0 Å². The molecule has 1 rings (SSSR count). The molecule has 0 N–H and O–H groups in total. The molecule has 1 unspecified atom stereocenters. The van der Waals surface area contributed by atoms with Gasteiger partial charge in [0.1, 0.15) is 0 Å². The van der Waals surface area contributed by atoms with Crippen LogP contribution in [0.2, 0.25) is 0 Å². The summed E-state index contributed by atoms with van der Waals surface area (Å²) in [6.07, 6.45) is 1.30. The maximum Gasteiger partial charge on any atom is 0.258 e. The molecule has 1 saturated carbocycles. The summed E-state index contributed by atoms with van der Waals surface area (Å²) in [7, 11) is 0. The maximum atomic E-state index is 12.1. The van der Waals surface area contributed by atoms with E-state index in [2.05, 4.69) is 6.58 Å². The molecular formula is C6H8F2. The van der Waals surface area contributed by atoms with Crippen molar-refractivity contribution < 1.29 is 8.78 Å². The van der Waals surface area contributed by atoms with Crippen molar-refractivity contribution in [1.29, 1.82) is 0 Å². The molecule has 2 heteroatoms. The lowest BCUT2D eigenvalue weighted by Crippen LogP contribution is -2.01. The van der Waals surface area contributed by atoms with Crippen molar-refractivity contribution in [2.75, 3.05) is 0 Å². The minimum atomic E-state index is -2.46. The van der Waals surface area contributed by atoms with E-state index in [0.717, 1.165) is 0 Å². The first-order valence-electron chi connectivity index (χ1n) is 2.53. The Morgan fingerprint density at radius 1 is 1.62 bits per heavy atom. The van der Waals surface area contributed by atoms with Crippen LogP contribution in [-0.2, 0) is 0 Å². The summed E-state index contributed by atoms with van der Waals surface area (Å²) in [6, 6.07) is 0. The molecule has 0 bridgehead atoms. The zero-order valence-electron chi connectivity index (χ0n) is 4.75. The molecule has 0 radical (unpaired) electrons. The monoisotopic (exact) mass is 118 g/mol. The topological polar surface area (TPSA) is 0 Å². The highest BCUT2D eigenvalue weighted by molar-refractivity contribution is 5.16. The Bertz CT molecular complexity index is 128. The second kappa shape index (κ2) is 1.12. The fourth-order valence-electron chi connectivity index (χ4n) is 0.639. The van der Waals surface area contributed by atoms with Crippen LogP contribution in [0.25, 0.3) is 0 Å². The highest BCUT2D eigenvalue weighted by Crippen LogP contribution is 2.60. The second-order valence-electron chi connectivity index (χ2n) is 2.50. The zero-order chi connectivity index (χ0) is 6.41. The first-order valence-corrected chi connectivity index (χ1v) is 2.53. The predicted molar refractivity (Wildman–Crippen MR) is 27.9 cm³/mol. The summed E-state index contributed by atoms with van der Waals surface area (Å²) in [5.74, 6) is -2.46. The first-order chi connectivity index (χ1) is 3.52. The summed E-state index contributed by atoms with van der Waals surface area (Å²) in [5.41, 5.74) is -0.882. The van der Waals surface area contributed by atoms with Gasteiger partial charge in [0.2, 0.25) is 0 Å². The number of halogens is 2. The van der Waals surface area contributed by atoms with E-state index in [4.69, 9.17) is 0 Å². The van der Waals surface area contributed by atoms with Crippen LogP contribution in [0.5, 0.6) is 0 Å². The van der Waals surface area contributed by atoms with Gasteiger partial charge in [0.15, 0.2) is 0 Å². The van der Waals surface area contributed by atoms with Gasteiger partial charge >= 0.3 is 0 Å². The normalized spacial score (nSPS) is 41.4. The van der Waals surface area contributed by atoms with E-state index in [1.807, 2.05) is 0 Å². The standard InChI is InChI=1S/C6H8F2/c1-3-5(2)4-6(5,7)8/h3H,1,4H2,2H3.